The van der Waals surface area contributed by atoms with E-state index in [1.54, 1.807) is 16.7 Å². The normalized spacial score (nSPS) is 27.9. The summed E-state index contributed by atoms with van der Waals surface area (Å²) in [5, 5.41) is 3.81. The van der Waals surface area contributed by atoms with Crippen LogP contribution >= 0.6 is 0 Å². The van der Waals surface area contributed by atoms with Crippen LogP contribution in [0.5, 0.6) is 0 Å². The maximum atomic E-state index is 3.81. The lowest BCUT2D eigenvalue weighted by Gasteiger charge is -2.43. The van der Waals surface area contributed by atoms with Crippen molar-refractivity contribution in [2.24, 2.45) is 0 Å². The summed E-state index contributed by atoms with van der Waals surface area (Å²) < 4.78 is 0. The summed E-state index contributed by atoms with van der Waals surface area (Å²) in [6, 6.07) is 18.5. The Morgan fingerprint density at radius 2 is 1.90 bits per heavy atom. The lowest BCUT2D eigenvalue weighted by Crippen LogP contribution is -2.45. The number of aryl methyl sites for hydroxylation is 1. The van der Waals surface area contributed by atoms with Crippen molar-refractivity contribution in [3.63, 3.8) is 0 Å². The van der Waals surface area contributed by atoms with E-state index in [4.69, 9.17) is 0 Å². The molecule has 0 bridgehead atoms. The number of nitrogens with one attached hydrogen (secondary N) is 1. The van der Waals surface area contributed by atoms with E-state index in [2.05, 4.69) is 60.8 Å². The Morgan fingerprint density at radius 1 is 1.05 bits per heavy atom. The molecule has 0 saturated heterocycles. The average Bonchev–Trinajstić information content (AvgIpc) is 2.52. The Labute approximate surface area is 121 Å². The van der Waals surface area contributed by atoms with Crippen molar-refractivity contribution in [1.82, 2.24) is 5.32 Å². The monoisotopic (exact) mass is 263 g/mol. The van der Waals surface area contributed by atoms with Gasteiger partial charge in [-0.15, -0.1) is 0 Å². The van der Waals surface area contributed by atoms with Gasteiger partial charge in [-0.3, -0.25) is 0 Å². The molecule has 1 aliphatic carbocycles. The van der Waals surface area contributed by atoms with E-state index in [1.807, 2.05) is 0 Å². The minimum absolute atomic E-state index is 0.0977. The smallest absolute Gasteiger partial charge is 0.0326 e. The van der Waals surface area contributed by atoms with Crippen LogP contribution in [0.25, 0.3) is 0 Å². The third-order valence-electron chi connectivity index (χ3n) is 5.19. The Hall–Kier alpha value is -1.60. The van der Waals surface area contributed by atoms with E-state index in [9.17, 15) is 0 Å². The largest absolute Gasteiger partial charge is 0.309 e. The maximum Gasteiger partial charge on any atom is 0.0326 e. The third-order valence-corrected chi connectivity index (χ3v) is 5.19. The highest BCUT2D eigenvalue weighted by atomic mass is 14.9. The van der Waals surface area contributed by atoms with Crippen molar-refractivity contribution in [2.45, 2.75) is 37.6 Å². The van der Waals surface area contributed by atoms with Gasteiger partial charge in [0, 0.05) is 18.0 Å². The Kier molecular flexibility index (Phi) is 2.71. The van der Waals surface area contributed by atoms with Crippen LogP contribution in [0.15, 0.2) is 48.5 Å². The molecule has 1 heteroatoms. The number of rotatable bonds is 1. The average molecular weight is 263 g/mol. The molecule has 1 heterocycles. The van der Waals surface area contributed by atoms with Gasteiger partial charge in [0.15, 0.2) is 0 Å². The van der Waals surface area contributed by atoms with Gasteiger partial charge in [0.1, 0.15) is 0 Å². The molecule has 20 heavy (non-hydrogen) atoms. The minimum atomic E-state index is 0.0977. The predicted molar refractivity (Wildman–Crippen MR) is 83.0 cm³/mol. The summed E-state index contributed by atoms with van der Waals surface area (Å²) in [6.45, 7) is 3.42. The van der Waals surface area contributed by atoms with E-state index >= 15 is 0 Å². The standard InChI is InChI=1S/C19H21N/c1-19(15-9-3-2-4-10-15)13-20-17-12-6-8-14-7-5-11-16(19)18(14)17/h2-5,7,9-11,17,20H,6,8,12-13H2,1H3. The summed E-state index contributed by atoms with van der Waals surface area (Å²) in [7, 11) is 0. The van der Waals surface area contributed by atoms with Gasteiger partial charge in [-0.1, -0.05) is 55.5 Å². The van der Waals surface area contributed by atoms with Gasteiger partial charge in [0.2, 0.25) is 0 Å². The molecule has 2 unspecified atom stereocenters. The van der Waals surface area contributed by atoms with Crippen LogP contribution in [-0.4, -0.2) is 6.54 Å². The molecule has 102 valence electrons. The first-order chi connectivity index (χ1) is 9.79. The van der Waals surface area contributed by atoms with Crippen molar-refractivity contribution in [3.05, 3.63) is 70.8 Å². The zero-order chi connectivity index (χ0) is 13.6. The second-order valence-corrected chi connectivity index (χ2v) is 6.40. The maximum absolute atomic E-state index is 3.81. The summed E-state index contributed by atoms with van der Waals surface area (Å²) in [5.74, 6) is 0. The van der Waals surface area contributed by atoms with E-state index in [0.717, 1.165) is 6.54 Å². The molecule has 2 aromatic rings. The van der Waals surface area contributed by atoms with E-state index in [-0.39, 0.29) is 5.41 Å². The van der Waals surface area contributed by atoms with Crippen molar-refractivity contribution in [1.29, 1.82) is 0 Å². The zero-order valence-electron chi connectivity index (χ0n) is 12.0. The molecule has 2 aliphatic rings. The highest BCUT2D eigenvalue weighted by Crippen LogP contribution is 2.44. The van der Waals surface area contributed by atoms with E-state index in [1.165, 1.54) is 24.8 Å². The highest BCUT2D eigenvalue weighted by molar-refractivity contribution is 5.50. The third kappa shape index (κ3) is 1.66. The number of benzene rings is 2. The topological polar surface area (TPSA) is 12.0 Å². The second-order valence-electron chi connectivity index (χ2n) is 6.40. The first-order valence-corrected chi connectivity index (χ1v) is 7.70. The predicted octanol–water partition coefficient (Wildman–Crippen LogP) is 3.97. The van der Waals surface area contributed by atoms with Crippen LogP contribution in [0.4, 0.5) is 0 Å². The Bertz CT molecular complexity index is 631. The molecule has 0 radical (unpaired) electrons. The van der Waals surface area contributed by atoms with E-state index in [0.29, 0.717) is 6.04 Å². The van der Waals surface area contributed by atoms with Gasteiger partial charge in [-0.2, -0.15) is 0 Å². The summed E-state index contributed by atoms with van der Waals surface area (Å²) in [5.41, 5.74) is 6.22. The van der Waals surface area contributed by atoms with Gasteiger partial charge < -0.3 is 5.32 Å². The first kappa shape index (κ1) is 12.2. The van der Waals surface area contributed by atoms with Crippen molar-refractivity contribution >= 4 is 0 Å². The fraction of sp³-hybridized carbons (Fsp3) is 0.368. The molecular weight excluding hydrogens is 242 g/mol. The van der Waals surface area contributed by atoms with Crippen molar-refractivity contribution in [2.75, 3.05) is 6.54 Å². The molecule has 0 amide bonds. The van der Waals surface area contributed by atoms with Gasteiger partial charge in [-0.25, -0.2) is 0 Å². The number of hydrogen-bond donors (Lipinski definition) is 1. The van der Waals surface area contributed by atoms with Crippen LogP contribution in [-0.2, 0) is 11.8 Å². The summed E-state index contributed by atoms with van der Waals surface area (Å²) >= 11 is 0. The molecule has 0 saturated carbocycles. The molecule has 0 aromatic heterocycles. The van der Waals surface area contributed by atoms with Crippen LogP contribution in [0.3, 0.4) is 0 Å². The molecule has 4 rings (SSSR count). The molecular formula is C19H21N. The Balaban J connectivity index is 1.93. The van der Waals surface area contributed by atoms with Crippen LogP contribution in [0, 0.1) is 0 Å². The van der Waals surface area contributed by atoms with Gasteiger partial charge in [-0.05, 0) is 41.5 Å². The van der Waals surface area contributed by atoms with Crippen molar-refractivity contribution < 1.29 is 0 Å². The molecule has 1 aliphatic heterocycles. The Morgan fingerprint density at radius 3 is 2.75 bits per heavy atom. The van der Waals surface area contributed by atoms with E-state index < -0.39 is 0 Å². The molecule has 1 N–H and O–H groups in total. The van der Waals surface area contributed by atoms with Gasteiger partial charge in [0.25, 0.3) is 0 Å². The van der Waals surface area contributed by atoms with Crippen molar-refractivity contribution in [3.8, 4) is 0 Å². The summed E-state index contributed by atoms with van der Waals surface area (Å²) in [6.07, 6.45) is 3.84. The molecule has 2 atom stereocenters. The quantitative estimate of drug-likeness (QED) is 0.821. The van der Waals surface area contributed by atoms with Gasteiger partial charge >= 0.3 is 0 Å². The van der Waals surface area contributed by atoms with Crippen LogP contribution in [0.1, 0.15) is 48.1 Å². The lowest BCUT2D eigenvalue weighted by atomic mass is 9.68. The lowest BCUT2D eigenvalue weighted by molar-refractivity contribution is 0.367. The highest BCUT2D eigenvalue weighted by Gasteiger charge is 2.39. The van der Waals surface area contributed by atoms with Crippen LogP contribution in [0.2, 0.25) is 0 Å². The fourth-order valence-corrected chi connectivity index (χ4v) is 4.05. The minimum Gasteiger partial charge on any atom is -0.309 e. The molecule has 1 nitrogen and oxygen atoms in total. The second kappa shape index (κ2) is 4.46. The fourth-order valence-electron chi connectivity index (χ4n) is 4.05. The summed E-state index contributed by atoms with van der Waals surface area (Å²) in [4.78, 5) is 0. The first-order valence-electron chi connectivity index (χ1n) is 7.70. The van der Waals surface area contributed by atoms with Gasteiger partial charge in [0.05, 0.1) is 0 Å². The zero-order valence-corrected chi connectivity index (χ0v) is 12.0. The SMILES string of the molecule is CC1(c2ccccc2)CNC2CCCc3cccc1c32. The van der Waals surface area contributed by atoms with Crippen LogP contribution < -0.4 is 5.32 Å². The molecule has 2 aromatic carbocycles. The molecule has 0 fully saturated rings. The molecule has 0 spiro atoms. The number of hydrogen-bond acceptors (Lipinski definition) is 1.